The number of rotatable bonds is 5. The molecule has 0 aliphatic rings. The Morgan fingerprint density at radius 1 is 1.19 bits per heavy atom. The van der Waals surface area contributed by atoms with Crippen LogP contribution in [0.5, 0.6) is 5.75 Å². The molecule has 0 unspecified atom stereocenters. The molecule has 0 aliphatic carbocycles. The fourth-order valence-electron chi connectivity index (χ4n) is 1.90. The van der Waals surface area contributed by atoms with Gasteiger partial charge in [0.2, 0.25) is 5.91 Å². The predicted octanol–water partition coefficient (Wildman–Crippen LogP) is 3.49. The quantitative estimate of drug-likeness (QED) is 0.789. The van der Waals surface area contributed by atoms with Crippen molar-refractivity contribution in [2.45, 2.75) is 19.9 Å². The highest BCUT2D eigenvalue weighted by atomic mass is 19.1. The molecule has 0 saturated carbocycles. The molecule has 0 aliphatic heterocycles. The molecule has 4 nitrogen and oxygen atoms in total. The zero-order valence-corrected chi connectivity index (χ0v) is 11.7. The van der Waals surface area contributed by atoms with Crippen LogP contribution in [0.1, 0.15) is 18.9 Å². The zero-order chi connectivity index (χ0) is 15.2. The van der Waals surface area contributed by atoms with E-state index < -0.39 is 5.82 Å². The van der Waals surface area contributed by atoms with Crippen molar-refractivity contribution in [1.82, 2.24) is 0 Å². The van der Waals surface area contributed by atoms with E-state index in [9.17, 15) is 14.3 Å². The van der Waals surface area contributed by atoms with Gasteiger partial charge in [-0.2, -0.15) is 0 Å². The molecule has 0 fully saturated rings. The standard InChI is InChI=1S/C16H17FN2O2/c1-2-16(21)19-14-5-3-4-13(9-14)18-10-11-6-12(17)8-15(20)7-11/h3-9,18,20H,2,10H2,1H3,(H,19,21). The third kappa shape index (κ3) is 4.49. The Hall–Kier alpha value is -2.56. The lowest BCUT2D eigenvalue weighted by atomic mass is 10.2. The topological polar surface area (TPSA) is 61.4 Å². The second-order valence-corrected chi connectivity index (χ2v) is 4.65. The lowest BCUT2D eigenvalue weighted by Crippen LogP contribution is -2.09. The van der Waals surface area contributed by atoms with Crippen molar-refractivity contribution in [3.63, 3.8) is 0 Å². The van der Waals surface area contributed by atoms with Crippen LogP contribution in [0.15, 0.2) is 42.5 Å². The fourth-order valence-corrected chi connectivity index (χ4v) is 1.90. The summed E-state index contributed by atoms with van der Waals surface area (Å²) in [4.78, 5) is 11.3. The largest absolute Gasteiger partial charge is 0.508 e. The van der Waals surface area contributed by atoms with E-state index in [0.29, 0.717) is 24.2 Å². The summed E-state index contributed by atoms with van der Waals surface area (Å²) in [6.07, 6.45) is 0.417. The number of carbonyl (C=O) groups excluding carboxylic acids is 1. The summed E-state index contributed by atoms with van der Waals surface area (Å²) < 4.78 is 13.2. The van der Waals surface area contributed by atoms with Crippen LogP contribution in [0.25, 0.3) is 0 Å². The highest BCUT2D eigenvalue weighted by Gasteiger charge is 2.02. The Kier molecular flexibility index (Phi) is 4.77. The molecule has 5 heteroatoms. The van der Waals surface area contributed by atoms with E-state index >= 15 is 0 Å². The average Bonchev–Trinajstić information content (AvgIpc) is 2.44. The van der Waals surface area contributed by atoms with Crippen LogP contribution < -0.4 is 10.6 Å². The normalized spacial score (nSPS) is 10.2. The molecule has 0 atom stereocenters. The summed E-state index contributed by atoms with van der Waals surface area (Å²) in [6.45, 7) is 2.16. The number of benzene rings is 2. The van der Waals surface area contributed by atoms with Crippen molar-refractivity contribution >= 4 is 17.3 Å². The van der Waals surface area contributed by atoms with Gasteiger partial charge in [0.15, 0.2) is 0 Å². The highest BCUT2D eigenvalue weighted by molar-refractivity contribution is 5.90. The van der Waals surface area contributed by atoms with Crippen LogP contribution in [-0.4, -0.2) is 11.0 Å². The summed E-state index contributed by atoms with van der Waals surface area (Å²) >= 11 is 0. The number of anilines is 2. The maximum absolute atomic E-state index is 13.2. The van der Waals surface area contributed by atoms with Gasteiger partial charge in [-0.3, -0.25) is 4.79 Å². The second kappa shape index (κ2) is 6.74. The second-order valence-electron chi connectivity index (χ2n) is 4.65. The predicted molar refractivity (Wildman–Crippen MR) is 80.8 cm³/mol. The monoisotopic (exact) mass is 288 g/mol. The maximum atomic E-state index is 13.2. The summed E-state index contributed by atoms with van der Waals surface area (Å²) in [5, 5.41) is 15.2. The van der Waals surface area contributed by atoms with E-state index in [2.05, 4.69) is 10.6 Å². The van der Waals surface area contributed by atoms with Gasteiger partial charge in [-0.15, -0.1) is 0 Å². The van der Waals surface area contributed by atoms with Crippen molar-refractivity contribution in [3.8, 4) is 5.75 Å². The molecule has 110 valence electrons. The van der Waals surface area contributed by atoms with Gasteiger partial charge in [-0.1, -0.05) is 13.0 Å². The molecule has 1 amide bonds. The van der Waals surface area contributed by atoms with Gasteiger partial charge in [0.25, 0.3) is 0 Å². The first-order valence-corrected chi connectivity index (χ1v) is 6.69. The number of phenols is 1. The molecular formula is C16H17FN2O2. The lowest BCUT2D eigenvalue weighted by Gasteiger charge is -2.09. The fraction of sp³-hybridized carbons (Fsp3) is 0.188. The maximum Gasteiger partial charge on any atom is 0.224 e. The van der Waals surface area contributed by atoms with E-state index in [0.717, 1.165) is 11.8 Å². The molecule has 0 heterocycles. The Labute approximate surface area is 122 Å². The molecule has 0 bridgehead atoms. The Bertz CT molecular complexity index is 624. The van der Waals surface area contributed by atoms with Crippen LogP contribution in [0.2, 0.25) is 0 Å². The summed E-state index contributed by atoms with van der Waals surface area (Å²) in [5.41, 5.74) is 2.14. The van der Waals surface area contributed by atoms with Gasteiger partial charge in [0.05, 0.1) is 0 Å². The number of nitrogens with one attached hydrogen (secondary N) is 2. The molecule has 2 rings (SSSR count). The van der Waals surface area contributed by atoms with Crippen LogP contribution in [0, 0.1) is 5.82 Å². The van der Waals surface area contributed by atoms with Gasteiger partial charge in [0.1, 0.15) is 11.6 Å². The number of carbonyl (C=O) groups is 1. The first kappa shape index (κ1) is 14.8. The Balaban J connectivity index is 2.02. The number of halogens is 1. The average molecular weight is 288 g/mol. The highest BCUT2D eigenvalue weighted by Crippen LogP contribution is 2.18. The summed E-state index contributed by atoms with van der Waals surface area (Å²) in [5.74, 6) is -0.631. The van der Waals surface area contributed by atoms with Gasteiger partial charge in [0, 0.05) is 30.4 Å². The first-order valence-electron chi connectivity index (χ1n) is 6.69. The third-order valence-electron chi connectivity index (χ3n) is 2.91. The SMILES string of the molecule is CCC(=O)Nc1cccc(NCc2cc(O)cc(F)c2)c1. The van der Waals surface area contributed by atoms with Crippen LogP contribution in [-0.2, 0) is 11.3 Å². The molecule has 0 aromatic heterocycles. The summed E-state index contributed by atoms with van der Waals surface area (Å²) in [7, 11) is 0. The minimum absolute atomic E-state index is 0.0535. The number of hydrogen-bond donors (Lipinski definition) is 3. The molecule has 0 saturated heterocycles. The minimum atomic E-state index is -0.476. The van der Waals surface area contributed by atoms with E-state index in [-0.39, 0.29) is 11.7 Å². The molecular weight excluding hydrogens is 271 g/mol. The van der Waals surface area contributed by atoms with Gasteiger partial charge in [-0.05, 0) is 35.9 Å². The van der Waals surface area contributed by atoms with Crippen molar-refractivity contribution in [2.75, 3.05) is 10.6 Å². The Morgan fingerprint density at radius 3 is 2.67 bits per heavy atom. The zero-order valence-electron chi connectivity index (χ0n) is 11.7. The van der Waals surface area contributed by atoms with E-state index in [1.807, 2.05) is 12.1 Å². The molecule has 2 aromatic rings. The van der Waals surface area contributed by atoms with Crippen LogP contribution in [0.3, 0.4) is 0 Å². The van der Waals surface area contributed by atoms with E-state index in [1.54, 1.807) is 19.1 Å². The van der Waals surface area contributed by atoms with Crippen molar-refractivity contribution in [1.29, 1.82) is 0 Å². The molecule has 0 radical (unpaired) electrons. The lowest BCUT2D eigenvalue weighted by molar-refractivity contribution is -0.115. The number of amides is 1. The molecule has 3 N–H and O–H groups in total. The van der Waals surface area contributed by atoms with Crippen LogP contribution in [0.4, 0.5) is 15.8 Å². The van der Waals surface area contributed by atoms with Gasteiger partial charge >= 0.3 is 0 Å². The smallest absolute Gasteiger partial charge is 0.224 e. The summed E-state index contributed by atoms with van der Waals surface area (Å²) in [6, 6.07) is 11.2. The Morgan fingerprint density at radius 2 is 1.95 bits per heavy atom. The van der Waals surface area contributed by atoms with Gasteiger partial charge in [-0.25, -0.2) is 4.39 Å². The number of phenolic OH excluding ortho intramolecular Hbond substituents is 1. The number of aromatic hydroxyl groups is 1. The van der Waals surface area contributed by atoms with E-state index in [1.165, 1.54) is 12.1 Å². The molecule has 21 heavy (non-hydrogen) atoms. The molecule has 0 spiro atoms. The first-order chi connectivity index (χ1) is 10.1. The van der Waals surface area contributed by atoms with Crippen molar-refractivity contribution in [2.24, 2.45) is 0 Å². The third-order valence-corrected chi connectivity index (χ3v) is 2.91. The van der Waals surface area contributed by atoms with Crippen molar-refractivity contribution < 1.29 is 14.3 Å². The van der Waals surface area contributed by atoms with Crippen LogP contribution >= 0.6 is 0 Å². The van der Waals surface area contributed by atoms with Crippen molar-refractivity contribution in [3.05, 3.63) is 53.8 Å². The van der Waals surface area contributed by atoms with E-state index in [4.69, 9.17) is 0 Å². The minimum Gasteiger partial charge on any atom is -0.508 e. The molecule has 2 aromatic carbocycles. The number of hydrogen-bond acceptors (Lipinski definition) is 3. The van der Waals surface area contributed by atoms with Gasteiger partial charge < -0.3 is 15.7 Å².